The molecular formula is C25H41NO6. The predicted molar refractivity (Wildman–Crippen MR) is 121 cm³/mol. The number of carbonyl (C=O) groups excluding carboxylic acids is 2. The molecule has 182 valence electrons. The lowest BCUT2D eigenvalue weighted by atomic mass is 9.65. The Balaban J connectivity index is 2.17. The number of esters is 1. The minimum atomic E-state index is -1.01. The molecule has 1 fully saturated rings. The van der Waals surface area contributed by atoms with Crippen molar-refractivity contribution >= 4 is 11.9 Å². The zero-order valence-corrected chi connectivity index (χ0v) is 20.2. The van der Waals surface area contributed by atoms with Crippen LogP contribution >= 0.6 is 0 Å². The molecule has 0 aromatic heterocycles. The van der Waals surface area contributed by atoms with E-state index in [0.717, 1.165) is 25.7 Å². The highest BCUT2D eigenvalue weighted by Crippen LogP contribution is 2.47. The molecule has 0 aromatic carbocycles. The van der Waals surface area contributed by atoms with Crippen molar-refractivity contribution in [2.45, 2.75) is 98.2 Å². The first kappa shape index (κ1) is 26.6. The van der Waals surface area contributed by atoms with Crippen LogP contribution in [0.25, 0.3) is 0 Å². The van der Waals surface area contributed by atoms with Crippen molar-refractivity contribution in [1.82, 2.24) is 5.48 Å². The fourth-order valence-electron chi connectivity index (χ4n) is 4.84. The zero-order chi connectivity index (χ0) is 24.1. The Labute approximate surface area is 191 Å². The summed E-state index contributed by atoms with van der Waals surface area (Å²) < 4.78 is 5.99. The van der Waals surface area contributed by atoms with Gasteiger partial charge in [0.2, 0.25) is 5.91 Å². The van der Waals surface area contributed by atoms with E-state index in [-0.39, 0.29) is 24.7 Å². The number of amides is 1. The summed E-state index contributed by atoms with van der Waals surface area (Å²) in [4.78, 5) is 24.0. The zero-order valence-electron chi connectivity index (χ0n) is 20.2. The Morgan fingerprint density at radius 1 is 1.25 bits per heavy atom. The summed E-state index contributed by atoms with van der Waals surface area (Å²) in [6.07, 6.45) is 5.08. The number of aliphatic hydroxyl groups is 2. The van der Waals surface area contributed by atoms with Gasteiger partial charge in [-0.2, -0.15) is 0 Å². The summed E-state index contributed by atoms with van der Waals surface area (Å²) in [5.74, 6) is 0.746. The van der Waals surface area contributed by atoms with E-state index in [0.29, 0.717) is 30.4 Å². The molecule has 7 nitrogen and oxygen atoms in total. The van der Waals surface area contributed by atoms with Crippen LogP contribution in [0.4, 0.5) is 0 Å². The van der Waals surface area contributed by atoms with Gasteiger partial charge in [0, 0.05) is 0 Å². The lowest BCUT2D eigenvalue weighted by Gasteiger charge is -2.41. The SMILES string of the molecule is CCC(C)(C)C(=O)OC1=C2C(CC[C@H](C)[C@@H]2CC[C@@H](O)C[C@@H](O)CC(=O)NO)CC(C)=C1. The van der Waals surface area contributed by atoms with E-state index in [9.17, 15) is 19.8 Å². The molecule has 32 heavy (non-hydrogen) atoms. The Hall–Kier alpha value is -1.70. The minimum absolute atomic E-state index is 0.0720. The second-order valence-electron chi connectivity index (χ2n) is 10.4. The van der Waals surface area contributed by atoms with Gasteiger partial charge in [-0.05, 0) is 95.1 Å². The highest BCUT2D eigenvalue weighted by molar-refractivity contribution is 5.77. The maximum Gasteiger partial charge on any atom is 0.316 e. The number of fused-ring (bicyclic) bond motifs is 1. The number of aliphatic hydroxyl groups excluding tert-OH is 2. The first-order valence-corrected chi connectivity index (χ1v) is 11.9. The lowest BCUT2D eigenvalue weighted by Crippen LogP contribution is -2.33. The molecule has 0 saturated heterocycles. The van der Waals surface area contributed by atoms with Gasteiger partial charge in [-0.1, -0.05) is 19.4 Å². The van der Waals surface area contributed by atoms with Crippen LogP contribution in [0.3, 0.4) is 0 Å². The summed E-state index contributed by atoms with van der Waals surface area (Å²) in [7, 11) is 0. The van der Waals surface area contributed by atoms with Gasteiger partial charge < -0.3 is 14.9 Å². The van der Waals surface area contributed by atoms with E-state index < -0.39 is 23.5 Å². The van der Waals surface area contributed by atoms with Crippen LogP contribution in [0.5, 0.6) is 0 Å². The summed E-state index contributed by atoms with van der Waals surface area (Å²) in [6.45, 7) is 10.1. The van der Waals surface area contributed by atoms with Crippen LogP contribution in [0.2, 0.25) is 0 Å². The third-order valence-electron chi connectivity index (χ3n) is 7.27. The molecule has 0 bridgehead atoms. The van der Waals surface area contributed by atoms with E-state index in [1.807, 2.05) is 26.8 Å². The minimum Gasteiger partial charge on any atom is -0.426 e. The average Bonchev–Trinajstić information content (AvgIpc) is 2.72. The first-order valence-electron chi connectivity index (χ1n) is 11.9. The van der Waals surface area contributed by atoms with E-state index in [1.165, 1.54) is 16.6 Å². The molecular weight excluding hydrogens is 410 g/mol. The molecule has 1 unspecified atom stereocenters. The number of nitrogens with one attached hydrogen (secondary N) is 1. The van der Waals surface area contributed by atoms with Crippen molar-refractivity contribution in [1.29, 1.82) is 0 Å². The predicted octanol–water partition coefficient (Wildman–Crippen LogP) is 4.02. The molecule has 0 aliphatic heterocycles. The maximum atomic E-state index is 12.8. The number of allylic oxidation sites excluding steroid dienone is 3. The summed E-state index contributed by atoms with van der Waals surface area (Å²) in [6, 6.07) is 0. The third-order valence-corrected chi connectivity index (χ3v) is 7.27. The average molecular weight is 452 g/mol. The van der Waals surface area contributed by atoms with Crippen molar-refractivity contribution in [2.75, 3.05) is 0 Å². The van der Waals surface area contributed by atoms with Crippen LogP contribution in [0, 0.1) is 23.2 Å². The molecule has 2 aliphatic carbocycles. The molecule has 7 heteroatoms. The van der Waals surface area contributed by atoms with Crippen molar-refractivity contribution in [2.24, 2.45) is 23.2 Å². The molecule has 4 N–H and O–H groups in total. The fourth-order valence-corrected chi connectivity index (χ4v) is 4.84. The maximum absolute atomic E-state index is 12.8. The summed E-state index contributed by atoms with van der Waals surface area (Å²) in [5.41, 5.74) is 3.36. The van der Waals surface area contributed by atoms with Crippen molar-refractivity contribution in [3.63, 3.8) is 0 Å². The standard InChI is InChI=1S/C25H41NO6/c1-6-25(4,5)24(30)32-21-12-15(2)11-17-8-7-16(3)20(23(17)21)10-9-18(27)13-19(28)14-22(29)26-31/h12,16-20,27-28,31H,6-11,13-14H2,1-5H3,(H,26,29)/t16-,17?,18+,19+,20-/m0/s1. The molecule has 0 spiro atoms. The number of ether oxygens (including phenoxy) is 1. The highest BCUT2D eigenvalue weighted by Gasteiger charge is 2.38. The van der Waals surface area contributed by atoms with Crippen LogP contribution in [-0.4, -0.2) is 39.5 Å². The lowest BCUT2D eigenvalue weighted by molar-refractivity contribution is -0.149. The Bertz CT molecular complexity index is 741. The second kappa shape index (κ2) is 11.4. The molecule has 1 saturated carbocycles. The van der Waals surface area contributed by atoms with Gasteiger partial charge in [-0.15, -0.1) is 0 Å². The van der Waals surface area contributed by atoms with E-state index >= 15 is 0 Å². The van der Waals surface area contributed by atoms with Crippen LogP contribution in [0.15, 0.2) is 23.0 Å². The van der Waals surface area contributed by atoms with Gasteiger partial charge >= 0.3 is 5.97 Å². The van der Waals surface area contributed by atoms with Crippen LogP contribution in [0.1, 0.15) is 86.0 Å². The number of hydroxylamine groups is 1. The molecule has 0 aromatic rings. The number of carbonyl (C=O) groups is 2. The largest absolute Gasteiger partial charge is 0.426 e. The first-order chi connectivity index (χ1) is 15.0. The second-order valence-corrected chi connectivity index (χ2v) is 10.4. The number of hydrogen-bond acceptors (Lipinski definition) is 6. The van der Waals surface area contributed by atoms with Gasteiger partial charge in [0.05, 0.1) is 24.0 Å². The summed E-state index contributed by atoms with van der Waals surface area (Å²) in [5, 5.41) is 29.0. The normalized spacial score (nSPS) is 25.5. The van der Waals surface area contributed by atoms with Gasteiger partial charge in [0.25, 0.3) is 0 Å². The van der Waals surface area contributed by atoms with Crippen LogP contribution in [-0.2, 0) is 14.3 Å². The molecule has 1 amide bonds. The Kier molecular flexibility index (Phi) is 9.49. The molecule has 5 atom stereocenters. The Morgan fingerprint density at radius 3 is 2.56 bits per heavy atom. The highest BCUT2D eigenvalue weighted by atomic mass is 16.5. The number of hydrogen-bond donors (Lipinski definition) is 4. The monoisotopic (exact) mass is 451 g/mol. The third kappa shape index (κ3) is 6.90. The molecule has 0 heterocycles. The number of rotatable bonds is 10. The fraction of sp³-hybridized carbons (Fsp3) is 0.760. The van der Waals surface area contributed by atoms with Crippen molar-refractivity contribution in [3.05, 3.63) is 23.0 Å². The molecule has 2 rings (SSSR count). The van der Waals surface area contributed by atoms with Gasteiger partial charge in [-0.25, -0.2) is 5.48 Å². The Morgan fingerprint density at radius 2 is 1.94 bits per heavy atom. The van der Waals surface area contributed by atoms with Crippen LogP contribution < -0.4 is 5.48 Å². The van der Waals surface area contributed by atoms with E-state index in [1.54, 1.807) is 0 Å². The topological polar surface area (TPSA) is 116 Å². The smallest absolute Gasteiger partial charge is 0.316 e. The summed E-state index contributed by atoms with van der Waals surface area (Å²) >= 11 is 0. The van der Waals surface area contributed by atoms with Gasteiger partial charge in [-0.3, -0.25) is 14.8 Å². The molecule has 0 radical (unpaired) electrons. The molecule has 2 aliphatic rings. The van der Waals surface area contributed by atoms with E-state index in [2.05, 4.69) is 13.8 Å². The van der Waals surface area contributed by atoms with Crippen molar-refractivity contribution in [3.8, 4) is 0 Å². The van der Waals surface area contributed by atoms with E-state index in [4.69, 9.17) is 9.94 Å². The quantitative estimate of drug-likeness (QED) is 0.226. The van der Waals surface area contributed by atoms with Gasteiger partial charge in [0.15, 0.2) is 0 Å². The van der Waals surface area contributed by atoms with Crippen molar-refractivity contribution < 1.29 is 29.7 Å². The van der Waals surface area contributed by atoms with Gasteiger partial charge in [0.1, 0.15) is 5.76 Å².